The van der Waals surface area contributed by atoms with Gasteiger partial charge in [0.1, 0.15) is 0 Å². The van der Waals surface area contributed by atoms with Crippen LogP contribution in [0.1, 0.15) is 11.1 Å². The van der Waals surface area contributed by atoms with Gasteiger partial charge in [-0.25, -0.2) is 4.79 Å². The fourth-order valence-corrected chi connectivity index (χ4v) is 4.38. The van der Waals surface area contributed by atoms with Crippen molar-refractivity contribution in [3.8, 4) is 0 Å². The van der Waals surface area contributed by atoms with Gasteiger partial charge in [0.05, 0.1) is 0 Å². The summed E-state index contributed by atoms with van der Waals surface area (Å²) >= 11 is 6.32. The molecule has 0 amide bonds. The van der Waals surface area contributed by atoms with Crippen molar-refractivity contribution in [3.05, 3.63) is 91.6 Å². The first-order valence-electron chi connectivity index (χ1n) is 10.4. The highest BCUT2D eigenvalue weighted by Gasteiger charge is 2.29. The van der Waals surface area contributed by atoms with Crippen LogP contribution < -0.4 is 16.1 Å². The minimum Gasteiger partial charge on any atom is -0.310 e. The van der Waals surface area contributed by atoms with Crippen LogP contribution in [-0.2, 0) is 20.1 Å². The molecular formula is C24H22ClN5O2. The van der Waals surface area contributed by atoms with Crippen LogP contribution in [0.2, 0.25) is 5.02 Å². The number of fused-ring (bicyclic) bond motifs is 3. The number of halogens is 1. The second-order valence-corrected chi connectivity index (χ2v) is 8.25. The summed E-state index contributed by atoms with van der Waals surface area (Å²) in [7, 11) is 1.65. The fraction of sp³-hybridized carbons (Fsp3) is 0.208. The summed E-state index contributed by atoms with van der Waals surface area (Å²) in [6.07, 6.45) is 3.73. The Morgan fingerprint density at radius 2 is 1.84 bits per heavy atom. The summed E-state index contributed by atoms with van der Waals surface area (Å²) < 4.78 is 4.60. The van der Waals surface area contributed by atoms with Gasteiger partial charge in [-0.15, -0.1) is 0 Å². The maximum absolute atomic E-state index is 13.3. The summed E-state index contributed by atoms with van der Waals surface area (Å²) in [6.45, 7) is 3.43. The molecule has 0 aliphatic carbocycles. The lowest BCUT2D eigenvalue weighted by Crippen LogP contribution is -2.39. The van der Waals surface area contributed by atoms with Crippen LogP contribution in [0.25, 0.3) is 17.2 Å². The Labute approximate surface area is 189 Å². The predicted octanol–water partition coefficient (Wildman–Crippen LogP) is 3.72. The van der Waals surface area contributed by atoms with Crippen LogP contribution in [0.15, 0.2) is 64.2 Å². The number of hydrogen-bond acceptors (Lipinski definition) is 4. The van der Waals surface area contributed by atoms with Gasteiger partial charge < -0.3 is 9.47 Å². The van der Waals surface area contributed by atoms with E-state index in [1.54, 1.807) is 7.05 Å². The van der Waals surface area contributed by atoms with E-state index in [1.165, 1.54) is 9.13 Å². The number of rotatable bonds is 4. The third-order valence-corrected chi connectivity index (χ3v) is 6.34. The van der Waals surface area contributed by atoms with Gasteiger partial charge in [0.2, 0.25) is 5.95 Å². The third-order valence-electron chi connectivity index (χ3n) is 5.93. The Morgan fingerprint density at radius 3 is 2.62 bits per heavy atom. The van der Waals surface area contributed by atoms with Gasteiger partial charge in [-0.05, 0) is 30.2 Å². The van der Waals surface area contributed by atoms with Crippen LogP contribution in [0.4, 0.5) is 11.6 Å². The molecule has 7 nitrogen and oxygen atoms in total. The van der Waals surface area contributed by atoms with Gasteiger partial charge in [0.25, 0.3) is 5.56 Å². The molecule has 5 rings (SSSR count). The van der Waals surface area contributed by atoms with E-state index >= 15 is 0 Å². The fourth-order valence-electron chi connectivity index (χ4n) is 4.21. The Kier molecular flexibility index (Phi) is 4.98. The maximum Gasteiger partial charge on any atom is 0.332 e. The second kappa shape index (κ2) is 7.84. The number of aromatic nitrogens is 4. The Hall–Kier alpha value is -3.58. The number of allylic oxidation sites excluding steroid dienone is 1. The van der Waals surface area contributed by atoms with Gasteiger partial charge in [0, 0.05) is 37.4 Å². The van der Waals surface area contributed by atoms with Crippen molar-refractivity contribution in [3.63, 3.8) is 0 Å². The molecule has 1 aliphatic heterocycles. The van der Waals surface area contributed by atoms with Crippen molar-refractivity contribution < 1.29 is 0 Å². The Morgan fingerprint density at radius 1 is 1.06 bits per heavy atom. The normalized spacial score (nSPS) is 13.4. The average molecular weight is 448 g/mol. The van der Waals surface area contributed by atoms with Crippen molar-refractivity contribution in [2.75, 3.05) is 11.4 Å². The van der Waals surface area contributed by atoms with E-state index in [4.69, 9.17) is 11.6 Å². The Bertz CT molecular complexity index is 1480. The molecule has 162 valence electrons. The summed E-state index contributed by atoms with van der Waals surface area (Å²) in [5.41, 5.74) is 3.03. The van der Waals surface area contributed by atoms with Crippen LogP contribution in [0, 0.1) is 6.92 Å². The van der Waals surface area contributed by atoms with Crippen molar-refractivity contribution in [1.29, 1.82) is 0 Å². The van der Waals surface area contributed by atoms with Crippen molar-refractivity contribution in [2.24, 2.45) is 7.05 Å². The minimum absolute atomic E-state index is 0.188. The van der Waals surface area contributed by atoms with Crippen LogP contribution >= 0.6 is 11.6 Å². The van der Waals surface area contributed by atoms with Crippen LogP contribution in [0.5, 0.6) is 0 Å². The maximum atomic E-state index is 13.3. The number of anilines is 2. The molecule has 2 aromatic carbocycles. The van der Waals surface area contributed by atoms with Crippen molar-refractivity contribution in [1.82, 2.24) is 18.7 Å². The van der Waals surface area contributed by atoms with Crippen LogP contribution in [-0.4, -0.2) is 25.2 Å². The number of aryl methyl sites for hydroxylation is 1. The lowest BCUT2D eigenvalue weighted by Gasteiger charge is -2.19. The molecule has 4 aromatic rings. The van der Waals surface area contributed by atoms with Gasteiger partial charge in [0.15, 0.2) is 11.2 Å². The molecule has 0 bridgehead atoms. The molecule has 0 unspecified atom stereocenters. The average Bonchev–Trinajstić information content (AvgIpc) is 3.37. The molecule has 1 aliphatic rings. The summed E-state index contributed by atoms with van der Waals surface area (Å²) in [6, 6.07) is 15.5. The lowest BCUT2D eigenvalue weighted by atomic mass is 10.2. The van der Waals surface area contributed by atoms with Crippen LogP contribution in [0.3, 0.4) is 0 Å². The first-order chi connectivity index (χ1) is 15.5. The smallest absolute Gasteiger partial charge is 0.310 e. The number of imidazole rings is 1. The first-order valence-corrected chi connectivity index (χ1v) is 10.8. The molecule has 0 atom stereocenters. The summed E-state index contributed by atoms with van der Waals surface area (Å²) in [5.74, 6) is 0.648. The lowest BCUT2D eigenvalue weighted by molar-refractivity contribution is 0.663. The molecule has 0 spiro atoms. The highest BCUT2D eigenvalue weighted by molar-refractivity contribution is 6.31. The van der Waals surface area contributed by atoms with E-state index in [9.17, 15) is 9.59 Å². The molecule has 32 heavy (non-hydrogen) atoms. The monoisotopic (exact) mass is 447 g/mol. The topological polar surface area (TPSA) is 65.1 Å². The molecule has 0 radical (unpaired) electrons. The zero-order valence-corrected chi connectivity index (χ0v) is 18.6. The van der Waals surface area contributed by atoms with Gasteiger partial charge in [-0.3, -0.25) is 13.9 Å². The van der Waals surface area contributed by atoms with E-state index in [-0.39, 0.29) is 17.8 Å². The quantitative estimate of drug-likeness (QED) is 0.478. The predicted molar refractivity (Wildman–Crippen MR) is 128 cm³/mol. The van der Waals surface area contributed by atoms with E-state index in [2.05, 4.69) is 4.98 Å². The molecule has 0 fully saturated rings. The second-order valence-electron chi connectivity index (χ2n) is 7.84. The zero-order valence-electron chi connectivity index (χ0n) is 17.8. The standard InChI is InChI=1S/C24H22ClN5O2/c1-16-18(25)11-6-12-19(16)28-14-15-29-20-21(26-23(28)29)27(2)24(32)30(22(20)31)13-7-10-17-8-4-3-5-9-17/h3-12H,13-15H2,1-2H3. The molecule has 0 N–H and O–H groups in total. The summed E-state index contributed by atoms with van der Waals surface area (Å²) in [5, 5.41) is 0.678. The van der Waals surface area contributed by atoms with Crippen molar-refractivity contribution in [2.45, 2.75) is 20.0 Å². The zero-order chi connectivity index (χ0) is 22.4. The SMILES string of the molecule is Cc1c(Cl)cccc1N1CCn2c1nc1c2c(=O)n(CC=Cc2ccccc2)c(=O)n1C. The molecule has 3 heterocycles. The highest BCUT2D eigenvalue weighted by Crippen LogP contribution is 2.35. The van der Waals surface area contributed by atoms with Gasteiger partial charge in [-0.1, -0.05) is 60.2 Å². The third kappa shape index (κ3) is 3.17. The first kappa shape index (κ1) is 20.3. The molecule has 0 saturated carbocycles. The number of hydrogen-bond donors (Lipinski definition) is 0. The molecule has 2 aromatic heterocycles. The summed E-state index contributed by atoms with van der Waals surface area (Å²) in [4.78, 5) is 33.0. The highest BCUT2D eigenvalue weighted by atomic mass is 35.5. The van der Waals surface area contributed by atoms with E-state index in [0.29, 0.717) is 35.2 Å². The number of nitrogens with zero attached hydrogens (tertiary/aromatic N) is 5. The van der Waals surface area contributed by atoms with E-state index in [1.807, 2.05) is 77.1 Å². The van der Waals surface area contributed by atoms with E-state index in [0.717, 1.165) is 16.8 Å². The van der Waals surface area contributed by atoms with Crippen molar-refractivity contribution >= 4 is 40.5 Å². The van der Waals surface area contributed by atoms with Gasteiger partial charge in [-0.2, -0.15) is 4.98 Å². The Balaban J connectivity index is 1.60. The molecule has 8 heteroatoms. The number of benzene rings is 2. The van der Waals surface area contributed by atoms with Gasteiger partial charge >= 0.3 is 5.69 Å². The van der Waals surface area contributed by atoms with E-state index < -0.39 is 0 Å². The minimum atomic E-state index is -0.387. The largest absolute Gasteiger partial charge is 0.332 e. The molecule has 0 saturated heterocycles. The molecular weight excluding hydrogens is 426 g/mol.